The zero-order valence-corrected chi connectivity index (χ0v) is 10.0. The van der Waals surface area contributed by atoms with Crippen molar-refractivity contribution in [3.63, 3.8) is 0 Å². The molecule has 0 heterocycles. The van der Waals surface area contributed by atoms with Crippen LogP contribution in [0.2, 0.25) is 0 Å². The topological polar surface area (TPSA) is 61.8 Å². The normalized spacial score (nSPS) is 15.3. The average Bonchev–Trinajstić information content (AvgIpc) is 2.15. The number of nitrogens with zero attached hydrogens (tertiary/aromatic N) is 1. The molecule has 0 rings (SSSR count). The molecular formula is C10H22N2O3. The van der Waals surface area contributed by atoms with E-state index in [9.17, 15) is 4.79 Å². The zero-order valence-electron chi connectivity index (χ0n) is 10.0. The molecule has 0 aliphatic heterocycles. The summed E-state index contributed by atoms with van der Waals surface area (Å²) in [6.45, 7) is 3.47. The van der Waals surface area contributed by atoms with Gasteiger partial charge in [0.05, 0.1) is 6.61 Å². The second kappa shape index (κ2) is 6.76. The Labute approximate surface area is 91.4 Å². The third-order valence-corrected chi connectivity index (χ3v) is 2.43. The van der Waals surface area contributed by atoms with Gasteiger partial charge >= 0.3 is 5.97 Å². The largest absolute Gasteiger partial charge is 0.480 e. The molecule has 5 nitrogen and oxygen atoms in total. The Balaban J connectivity index is 4.28. The molecule has 0 aliphatic carbocycles. The first-order valence-electron chi connectivity index (χ1n) is 5.10. The average molecular weight is 218 g/mol. The molecule has 0 amide bonds. The van der Waals surface area contributed by atoms with E-state index < -0.39 is 11.5 Å². The summed E-state index contributed by atoms with van der Waals surface area (Å²) in [4.78, 5) is 13.2. The highest BCUT2D eigenvalue weighted by molar-refractivity contribution is 5.78. The molecule has 0 aromatic carbocycles. The summed E-state index contributed by atoms with van der Waals surface area (Å²) in [7, 11) is 5.42. The van der Waals surface area contributed by atoms with E-state index in [2.05, 4.69) is 5.32 Å². The highest BCUT2D eigenvalue weighted by atomic mass is 16.5. The van der Waals surface area contributed by atoms with E-state index >= 15 is 0 Å². The number of aliphatic carboxylic acids is 1. The number of carbonyl (C=O) groups is 1. The van der Waals surface area contributed by atoms with E-state index in [1.54, 1.807) is 0 Å². The van der Waals surface area contributed by atoms with Crippen LogP contribution in [0.3, 0.4) is 0 Å². The summed E-state index contributed by atoms with van der Waals surface area (Å²) in [5.41, 5.74) is -0.954. The standard InChI is InChI=1S/C10H22N2O3/c1-5-10(8-15-4,9(13)14)11-6-7-12(2)3/h11H,5-8H2,1-4H3,(H,13,14). The van der Waals surface area contributed by atoms with Crippen molar-refractivity contribution < 1.29 is 14.6 Å². The fraction of sp³-hybridized carbons (Fsp3) is 0.900. The maximum atomic E-state index is 11.2. The predicted molar refractivity (Wildman–Crippen MR) is 59.1 cm³/mol. The van der Waals surface area contributed by atoms with E-state index in [-0.39, 0.29) is 6.61 Å². The summed E-state index contributed by atoms with van der Waals surface area (Å²) < 4.78 is 4.96. The van der Waals surface area contributed by atoms with E-state index in [4.69, 9.17) is 9.84 Å². The second-order valence-corrected chi connectivity index (χ2v) is 3.90. The van der Waals surface area contributed by atoms with Gasteiger partial charge in [0.25, 0.3) is 0 Å². The number of rotatable bonds is 8. The zero-order chi connectivity index (χ0) is 11.9. The molecule has 0 saturated heterocycles. The first-order valence-corrected chi connectivity index (χ1v) is 5.10. The van der Waals surface area contributed by atoms with Gasteiger partial charge in [0.2, 0.25) is 0 Å². The van der Waals surface area contributed by atoms with Gasteiger partial charge in [-0.2, -0.15) is 0 Å². The van der Waals surface area contributed by atoms with Crippen LogP contribution in [-0.4, -0.2) is 62.4 Å². The number of carboxylic acids is 1. The third-order valence-electron chi connectivity index (χ3n) is 2.43. The minimum atomic E-state index is -0.954. The molecule has 0 fully saturated rings. The van der Waals surface area contributed by atoms with Crippen molar-refractivity contribution in [1.29, 1.82) is 0 Å². The van der Waals surface area contributed by atoms with Gasteiger partial charge in [-0.3, -0.25) is 10.1 Å². The van der Waals surface area contributed by atoms with Gasteiger partial charge in [-0.05, 0) is 20.5 Å². The van der Waals surface area contributed by atoms with Gasteiger partial charge in [-0.15, -0.1) is 0 Å². The lowest BCUT2D eigenvalue weighted by molar-refractivity contribution is -0.147. The van der Waals surface area contributed by atoms with Crippen molar-refractivity contribution in [2.45, 2.75) is 18.9 Å². The summed E-state index contributed by atoms with van der Waals surface area (Å²) in [5, 5.41) is 12.2. The number of nitrogens with one attached hydrogen (secondary N) is 1. The number of likely N-dealkylation sites (N-methyl/N-ethyl adjacent to an activating group) is 1. The van der Waals surface area contributed by atoms with Crippen LogP contribution in [0.4, 0.5) is 0 Å². The maximum absolute atomic E-state index is 11.2. The Morgan fingerprint density at radius 2 is 2.13 bits per heavy atom. The van der Waals surface area contributed by atoms with E-state index in [1.165, 1.54) is 7.11 Å². The molecule has 0 aliphatic rings. The fourth-order valence-corrected chi connectivity index (χ4v) is 1.33. The highest BCUT2D eigenvalue weighted by Crippen LogP contribution is 2.10. The first kappa shape index (κ1) is 14.3. The summed E-state index contributed by atoms with van der Waals surface area (Å²) in [6.07, 6.45) is 0.504. The van der Waals surface area contributed by atoms with Crippen molar-refractivity contribution in [2.75, 3.05) is 40.9 Å². The summed E-state index contributed by atoms with van der Waals surface area (Å²) in [6, 6.07) is 0. The molecule has 15 heavy (non-hydrogen) atoms. The Kier molecular flexibility index (Phi) is 6.47. The van der Waals surface area contributed by atoms with Crippen molar-refractivity contribution in [3.05, 3.63) is 0 Å². The number of carboxylic acid groups (broad SMARTS) is 1. The van der Waals surface area contributed by atoms with E-state index in [0.29, 0.717) is 13.0 Å². The Bertz CT molecular complexity index is 197. The Morgan fingerprint density at radius 1 is 1.53 bits per heavy atom. The Hall–Kier alpha value is -0.650. The number of hydrogen-bond acceptors (Lipinski definition) is 4. The van der Waals surface area contributed by atoms with E-state index in [1.807, 2.05) is 25.9 Å². The van der Waals surface area contributed by atoms with Crippen LogP contribution in [-0.2, 0) is 9.53 Å². The van der Waals surface area contributed by atoms with Crippen LogP contribution >= 0.6 is 0 Å². The third kappa shape index (κ3) is 4.59. The van der Waals surface area contributed by atoms with Gasteiger partial charge in [0.15, 0.2) is 0 Å². The maximum Gasteiger partial charge on any atom is 0.326 e. The first-order chi connectivity index (χ1) is 6.98. The van der Waals surface area contributed by atoms with Crippen LogP contribution in [0.5, 0.6) is 0 Å². The van der Waals surface area contributed by atoms with Gasteiger partial charge in [-0.1, -0.05) is 6.92 Å². The van der Waals surface area contributed by atoms with Gasteiger partial charge in [0.1, 0.15) is 5.54 Å². The molecule has 90 valence electrons. The van der Waals surface area contributed by atoms with Crippen LogP contribution in [0.25, 0.3) is 0 Å². The predicted octanol–water partition coefficient (Wildman–Crippen LogP) is 0.0174. The second-order valence-electron chi connectivity index (χ2n) is 3.90. The smallest absolute Gasteiger partial charge is 0.326 e. The van der Waals surface area contributed by atoms with Gasteiger partial charge in [-0.25, -0.2) is 0 Å². The van der Waals surface area contributed by atoms with Gasteiger partial charge in [0, 0.05) is 20.2 Å². The lowest BCUT2D eigenvalue weighted by Gasteiger charge is -2.29. The number of methoxy groups -OCH3 is 1. The molecule has 0 bridgehead atoms. The molecule has 5 heteroatoms. The number of hydrogen-bond donors (Lipinski definition) is 2. The molecule has 2 N–H and O–H groups in total. The van der Waals surface area contributed by atoms with Crippen molar-refractivity contribution in [1.82, 2.24) is 10.2 Å². The van der Waals surface area contributed by atoms with Crippen molar-refractivity contribution >= 4 is 5.97 Å². The summed E-state index contributed by atoms with van der Waals surface area (Å²) >= 11 is 0. The summed E-state index contributed by atoms with van der Waals surface area (Å²) in [5.74, 6) is -0.856. The Morgan fingerprint density at radius 3 is 2.47 bits per heavy atom. The monoisotopic (exact) mass is 218 g/mol. The molecular weight excluding hydrogens is 196 g/mol. The lowest BCUT2D eigenvalue weighted by atomic mass is 9.97. The van der Waals surface area contributed by atoms with Crippen LogP contribution in [0, 0.1) is 0 Å². The van der Waals surface area contributed by atoms with E-state index in [0.717, 1.165) is 6.54 Å². The van der Waals surface area contributed by atoms with Gasteiger partial charge < -0.3 is 14.7 Å². The van der Waals surface area contributed by atoms with Crippen molar-refractivity contribution in [2.24, 2.45) is 0 Å². The van der Waals surface area contributed by atoms with Crippen LogP contribution < -0.4 is 5.32 Å². The highest BCUT2D eigenvalue weighted by Gasteiger charge is 2.36. The van der Waals surface area contributed by atoms with Crippen LogP contribution in [0.1, 0.15) is 13.3 Å². The molecule has 0 aromatic rings. The number of ether oxygens (including phenoxy) is 1. The molecule has 0 saturated carbocycles. The molecule has 1 unspecified atom stereocenters. The van der Waals surface area contributed by atoms with Crippen LogP contribution in [0.15, 0.2) is 0 Å². The quantitative estimate of drug-likeness (QED) is 0.601. The minimum Gasteiger partial charge on any atom is -0.480 e. The minimum absolute atomic E-state index is 0.187. The SMILES string of the molecule is CCC(COC)(NCCN(C)C)C(=O)O. The fourth-order valence-electron chi connectivity index (χ4n) is 1.33. The van der Waals surface area contributed by atoms with Crippen molar-refractivity contribution in [3.8, 4) is 0 Å². The molecule has 0 aromatic heterocycles. The molecule has 1 atom stereocenters. The molecule has 0 spiro atoms. The molecule has 0 radical (unpaired) electrons. The lowest BCUT2D eigenvalue weighted by Crippen LogP contribution is -2.56.